The van der Waals surface area contributed by atoms with E-state index >= 15 is 0 Å². The number of hydrogen-bond donors (Lipinski definition) is 4. The van der Waals surface area contributed by atoms with Crippen LogP contribution in [0.15, 0.2) is 42.1 Å². The Kier molecular flexibility index (Phi) is 9.36. The van der Waals surface area contributed by atoms with Gasteiger partial charge in [-0.05, 0) is 36.9 Å². The molecule has 0 aliphatic carbocycles. The van der Waals surface area contributed by atoms with Crippen LogP contribution < -0.4 is 10.6 Å². The van der Waals surface area contributed by atoms with Crippen LogP contribution in [0.5, 0.6) is 0 Å². The Morgan fingerprint density at radius 2 is 1.65 bits per heavy atom. The third-order valence-electron chi connectivity index (χ3n) is 7.19. The second kappa shape index (κ2) is 11.5. The summed E-state index contributed by atoms with van der Waals surface area (Å²) in [7, 11) is 3.41. The first-order chi connectivity index (χ1) is 17.0. The van der Waals surface area contributed by atoms with E-state index in [0.717, 1.165) is 16.5 Å². The van der Waals surface area contributed by atoms with Gasteiger partial charge >= 0.3 is 5.97 Å². The smallest absolute Gasteiger partial charge is 0.331 e. The molecule has 3 unspecified atom stereocenters. The molecule has 37 heavy (non-hydrogen) atoms. The summed E-state index contributed by atoms with van der Waals surface area (Å²) in [6, 6.07) is 6.09. The quantitative estimate of drug-likeness (QED) is 0.358. The van der Waals surface area contributed by atoms with Gasteiger partial charge in [0.05, 0.1) is 12.1 Å². The summed E-state index contributed by atoms with van der Waals surface area (Å²) >= 11 is 0. The second-order valence-corrected chi connectivity index (χ2v) is 11.8. The van der Waals surface area contributed by atoms with Crippen LogP contribution in [0.3, 0.4) is 0 Å². The number of aromatic amines is 1. The van der Waals surface area contributed by atoms with Gasteiger partial charge in [-0.1, -0.05) is 72.7 Å². The lowest BCUT2D eigenvalue weighted by Gasteiger charge is -2.39. The van der Waals surface area contributed by atoms with Crippen LogP contribution in [0.4, 0.5) is 0 Å². The van der Waals surface area contributed by atoms with Gasteiger partial charge in [0.1, 0.15) is 6.04 Å². The number of benzene rings is 1. The molecule has 0 radical (unpaired) electrons. The molecule has 3 atom stereocenters. The molecule has 204 valence electrons. The molecule has 1 heterocycles. The molecular weight excluding hydrogens is 468 g/mol. The van der Waals surface area contributed by atoms with Gasteiger partial charge in [0.15, 0.2) is 0 Å². The Balaban J connectivity index is 2.40. The van der Waals surface area contributed by atoms with Crippen molar-refractivity contribution in [2.75, 3.05) is 14.1 Å². The Morgan fingerprint density at radius 1 is 1.05 bits per heavy atom. The highest BCUT2D eigenvalue weighted by Gasteiger charge is 2.42. The normalized spacial score (nSPS) is 15.4. The lowest BCUT2D eigenvalue weighted by atomic mass is 9.76. The predicted octanol–water partition coefficient (Wildman–Crippen LogP) is 4.08. The van der Waals surface area contributed by atoms with E-state index in [9.17, 15) is 19.5 Å². The molecule has 0 fully saturated rings. The van der Waals surface area contributed by atoms with E-state index in [1.807, 2.05) is 78.9 Å². The average Bonchev–Trinajstić information content (AvgIpc) is 3.24. The molecule has 1 aromatic heterocycles. The SMILES string of the molecule is CNC(C(=O)NC(C(=O)N(C)C(/C=C(\C)C(=O)O)C(C)C)C(C)(C)C)C(C)(C)c1c[nH]c2ccccc12. The third kappa shape index (κ3) is 6.60. The maximum absolute atomic E-state index is 13.8. The maximum atomic E-state index is 13.8. The molecule has 0 spiro atoms. The monoisotopic (exact) mass is 512 g/mol. The Morgan fingerprint density at radius 3 is 2.16 bits per heavy atom. The van der Waals surface area contributed by atoms with Gasteiger partial charge in [0, 0.05) is 35.1 Å². The minimum atomic E-state index is -1.02. The van der Waals surface area contributed by atoms with Crippen molar-refractivity contribution in [3.8, 4) is 0 Å². The highest BCUT2D eigenvalue weighted by molar-refractivity contribution is 5.93. The number of carboxylic acid groups (broad SMARTS) is 1. The molecule has 8 heteroatoms. The number of aliphatic carboxylic acids is 1. The number of likely N-dealkylation sites (N-methyl/N-ethyl adjacent to an activating group) is 2. The van der Waals surface area contributed by atoms with Crippen molar-refractivity contribution < 1.29 is 19.5 Å². The van der Waals surface area contributed by atoms with Gasteiger partial charge < -0.3 is 25.6 Å². The molecule has 0 aliphatic rings. The number of H-pyrrole nitrogens is 1. The van der Waals surface area contributed by atoms with Crippen molar-refractivity contribution >= 4 is 28.7 Å². The summed E-state index contributed by atoms with van der Waals surface area (Å²) in [4.78, 5) is 43.8. The van der Waals surface area contributed by atoms with Crippen molar-refractivity contribution in [2.45, 2.75) is 78.9 Å². The lowest BCUT2D eigenvalue weighted by molar-refractivity contribution is -0.141. The van der Waals surface area contributed by atoms with Gasteiger partial charge in [0.2, 0.25) is 11.8 Å². The fourth-order valence-electron chi connectivity index (χ4n) is 4.88. The first-order valence-electron chi connectivity index (χ1n) is 12.8. The van der Waals surface area contributed by atoms with E-state index in [1.54, 1.807) is 25.1 Å². The number of nitrogens with one attached hydrogen (secondary N) is 3. The van der Waals surface area contributed by atoms with Crippen molar-refractivity contribution in [1.82, 2.24) is 20.5 Å². The van der Waals surface area contributed by atoms with E-state index in [1.165, 1.54) is 6.92 Å². The molecule has 0 saturated heterocycles. The van der Waals surface area contributed by atoms with Crippen LogP contribution in [0.2, 0.25) is 0 Å². The van der Waals surface area contributed by atoms with Crippen molar-refractivity contribution in [3.05, 3.63) is 47.7 Å². The van der Waals surface area contributed by atoms with Crippen molar-refractivity contribution in [1.29, 1.82) is 0 Å². The molecular formula is C29H44N4O4. The zero-order chi connectivity index (χ0) is 28.3. The summed E-state index contributed by atoms with van der Waals surface area (Å²) in [6.07, 6.45) is 3.54. The van der Waals surface area contributed by atoms with Gasteiger partial charge in [0.25, 0.3) is 0 Å². The number of carbonyl (C=O) groups is 3. The summed E-state index contributed by atoms with van der Waals surface area (Å²) in [6.45, 7) is 15.1. The van der Waals surface area contributed by atoms with Gasteiger partial charge in [-0.15, -0.1) is 0 Å². The van der Waals surface area contributed by atoms with Gasteiger partial charge in [-0.3, -0.25) is 9.59 Å². The van der Waals surface area contributed by atoms with Gasteiger partial charge in [-0.25, -0.2) is 4.79 Å². The summed E-state index contributed by atoms with van der Waals surface area (Å²) < 4.78 is 0. The number of carboxylic acids is 1. The Bertz CT molecular complexity index is 1160. The largest absolute Gasteiger partial charge is 0.478 e. The number of rotatable bonds is 10. The molecule has 0 aliphatic heterocycles. The fourth-order valence-corrected chi connectivity index (χ4v) is 4.88. The molecule has 8 nitrogen and oxygen atoms in total. The molecule has 2 aromatic rings. The molecule has 1 aromatic carbocycles. The highest BCUT2D eigenvalue weighted by atomic mass is 16.4. The van der Waals surface area contributed by atoms with Gasteiger partial charge in [-0.2, -0.15) is 0 Å². The fraction of sp³-hybridized carbons (Fsp3) is 0.552. The number of nitrogens with zero attached hydrogens (tertiary/aromatic N) is 1. The third-order valence-corrected chi connectivity index (χ3v) is 7.19. The number of amides is 2. The summed E-state index contributed by atoms with van der Waals surface area (Å²) in [5.74, 6) is -1.60. The topological polar surface area (TPSA) is 115 Å². The molecule has 0 bridgehead atoms. The number of aromatic nitrogens is 1. The van der Waals surface area contributed by atoms with Crippen LogP contribution in [0.25, 0.3) is 10.9 Å². The molecule has 2 amide bonds. The van der Waals surface area contributed by atoms with E-state index in [4.69, 9.17) is 0 Å². The highest BCUT2D eigenvalue weighted by Crippen LogP contribution is 2.34. The van der Waals surface area contributed by atoms with E-state index in [2.05, 4.69) is 15.6 Å². The van der Waals surface area contributed by atoms with Crippen LogP contribution in [-0.2, 0) is 19.8 Å². The van der Waals surface area contributed by atoms with Crippen molar-refractivity contribution in [3.63, 3.8) is 0 Å². The zero-order valence-electron chi connectivity index (χ0n) is 23.9. The van der Waals surface area contributed by atoms with Crippen LogP contribution >= 0.6 is 0 Å². The Labute approximate surface area is 220 Å². The number of para-hydroxylation sites is 1. The second-order valence-electron chi connectivity index (χ2n) is 11.8. The lowest BCUT2D eigenvalue weighted by Crippen LogP contribution is -2.61. The predicted molar refractivity (Wildman–Crippen MR) is 148 cm³/mol. The minimum Gasteiger partial charge on any atom is -0.478 e. The zero-order valence-corrected chi connectivity index (χ0v) is 23.9. The standard InChI is InChI=1S/C29H44N4O4/c1-17(2)22(15-18(3)27(36)37)33(10)26(35)24(28(4,5)6)32-25(34)23(30-9)29(7,8)20-16-31-21-14-12-11-13-19(20)21/h11-17,22-24,30-31H,1-10H3,(H,32,34)(H,36,37)/b18-15+. The number of hydrogen-bond acceptors (Lipinski definition) is 4. The number of carbonyl (C=O) groups excluding carboxylic acids is 2. The summed E-state index contributed by atoms with van der Waals surface area (Å²) in [5.41, 5.74) is 0.983. The maximum Gasteiger partial charge on any atom is 0.331 e. The van der Waals surface area contributed by atoms with E-state index < -0.39 is 34.9 Å². The Hall–Kier alpha value is -3.13. The molecule has 0 saturated carbocycles. The van der Waals surface area contributed by atoms with E-state index in [-0.39, 0.29) is 23.3 Å². The van der Waals surface area contributed by atoms with Crippen LogP contribution in [0.1, 0.15) is 61.0 Å². The molecule has 2 rings (SSSR count). The van der Waals surface area contributed by atoms with E-state index in [0.29, 0.717) is 0 Å². The van der Waals surface area contributed by atoms with Crippen molar-refractivity contribution in [2.24, 2.45) is 11.3 Å². The summed E-state index contributed by atoms with van der Waals surface area (Å²) in [5, 5.41) is 16.6. The first-order valence-corrected chi connectivity index (χ1v) is 12.8. The minimum absolute atomic E-state index is 0.0227. The average molecular weight is 513 g/mol. The number of fused-ring (bicyclic) bond motifs is 1. The van der Waals surface area contributed by atoms with Crippen LogP contribution in [-0.4, -0.2) is 65.0 Å². The first kappa shape index (κ1) is 30.1. The van der Waals surface area contributed by atoms with Crippen LogP contribution in [0, 0.1) is 11.3 Å². The molecule has 4 N–H and O–H groups in total.